The van der Waals surface area contributed by atoms with Crippen molar-refractivity contribution in [3.05, 3.63) is 91.0 Å². The largest absolute Gasteiger partial charge is 0.349 e. The van der Waals surface area contributed by atoms with E-state index in [1.807, 2.05) is 48.0 Å². The van der Waals surface area contributed by atoms with Crippen molar-refractivity contribution in [1.29, 1.82) is 0 Å². The molecule has 0 aliphatic rings. The van der Waals surface area contributed by atoms with E-state index in [2.05, 4.69) is 21.6 Å². The summed E-state index contributed by atoms with van der Waals surface area (Å²) in [5.41, 5.74) is 3.45. The number of rotatable bonds is 7. The first-order chi connectivity index (χ1) is 15.4. The second-order valence-corrected chi connectivity index (χ2v) is 8.87. The van der Waals surface area contributed by atoms with Crippen molar-refractivity contribution in [2.45, 2.75) is 4.90 Å². The van der Waals surface area contributed by atoms with Gasteiger partial charge in [-0.15, -0.1) is 6.58 Å². The highest BCUT2D eigenvalue weighted by molar-refractivity contribution is 7.92. The predicted octanol–water partition coefficient (Wildman–Crippen LogP) is 3.96. The molecule has 32 heavy (non-hydrogen) atoms. The van der Waals surface area contributed by atoms with Gasteiger partial charge in [-0.2, -0.15) is 0 Å². The van der Waals surface area contributed by atoms with Crippen molar-refractivity contribution >= 4 is 32.7 Å². The Kier molecular flexibility index (Phi) is 5.79. The van der Waals surface area contributed by atoms with Crippen molar-refractivity contribution in [1.82, 2.24) is 14.9 Å². The summed E-state index contributed by atoms with van der Waals surface area (Å²) in [6.07, 6.45) is 1.55. The average molecular weight is 447 g/mol. The molecule has 1 heterocycles. The second-order valence-electron chi connectivity index (χ2n) is 7.19. The standard InChI is InChI=1S/C24H22N4O3S/c1-3-15-25-24(29)18-7-6-8-20(16-18)32(30,31)27-19-13-11-17(12-14-19)23-26-21-9-4-5-10-22(21)28(23)2/h3-14,16,27H,1,15H2,2H3,(H,25,29). The molecule has 0 radical (unpaired) electrons. The minimum absolute atomic E-state index is 0.00294. The molecule has 0 saturated heterocycles. The fourth-order valence-corrected chi connectivity index (χ4v) is 4.48. The molecule has 0 bridgehead atoms. The van der Waals surface area contributed by atoms with Crippen LogP contribution in [0, 0.1) is 0 Å². The van der Waals surface area contributed by atoms with Crippen LogP contribution in [0.2, 0.25) is 0 Å². The van der Waals surface area contributed by atoms with E-state index in [0.717, 1.165) is 22.4 Å². The lowest BCUT2D eigenvalue weighted by Crippen LogP contribution is -2.23. The third-order valence-electron chi connectivity index (χ3n) is 5.00. The Labute approximate surface area is 186 Å². The van der Waals surface area contributed by atoms with Crippen LogP contribution in [0.4, 0.5) is 5.69 Å². The molecule has 4 rings (SSSR count). The lowest BCUT2D eigenvalue weighted by Gasteiger charge is -2.10. The van der Waals surface area contributed by atoms with E-state index in [4.69, 9.17) is 0 Å². The molecule has 0 atom stereocenters. The topological polar surface area (TPSA) is 93.1 Å². The number of nitrogens with zero attached hydrogens (tertiary/aromatic N) is 2. The van der Waals surface area contributed by atoms with Crippen LogP contribution in [0.5, 0.6) is 0 Å². The van der Waals surface area contributed by atoms with Crippen LogP contribution in [0.3, 0.4) is 0 Å². The summed E-state index contributed by atoms with van der Waals surface area (Å²) >= 11 is 0. The summed E-state index contributed by atoms with van der Waals surface area (Å²) in [6.45, 7) is 3.84. The fraction of sp³-hybridized carbons (Fsp3) is 0.0833. The smallest absolute Gasteiger partial charge is 0.261 e. The molecule has 0 saturated carbocycles. The molecular weight excluding hydrogens is 424 g/mol. The Hall–Kier alpha value is -3.91. The van der Waals surface area contributed by atoms with Gasteiger partial charge in [-0.25, -0.2) is 13.4 Å². The summed E-state index contributed by atoms with van der Waals surface area (Å²) in [6, 6.07) is 20.7. The number of sulfonamides is 1. The lowest BCUT2D eigenvalue weighted by atomic mass is 10.2. The predicted molar refractivity (Wildman–Crippen MR) is 126 cm³/mol. The fourth-order valence-electron chi connectivity index (χ4n) is 3.38. The number of aryl methyl sites for hydroxylation is 1. The number of amides is 1. The first-order valence-electron chi connectivity index (χ1n) is 9.93. The molecule has 0 aliphatic heterocycles. The summed E-state index contributed by atoms with van der Waals surface area (Å²) in [5.74, 6) is 0.424. The summed E-state index contributed by atoms with van der Waals surface area (Å²) in [4.78, 5) is 16.8. The molecule has 0 aliphatic carbocycles. The molecule has 1 amide bonds. The van der Waals surface area contributed by atoms with Gasteiger partial charge in [0.05, 0.1) is 15.9 Å². The van der Waals surface area contributed by atoms with Crippen molar-refractivity contribution in [2.24, 2.45) is 7.05 Å². The quantitative estimate of drug-likeness (QED) is 0.420. The molecule has 7 nitrogen and oxygen atoms in total. The van der Waals surface area contributed by atoms with Gasteiger partial charge >= 0.3 is 0 Å². The molecular formula is C24H22N4O3S. The number of nitrogens with one attached hydrogen (secondary N) is 2. The number of aromatic nitrogens is 2. The highest BCUT2D eigenvalue weighted by Crippen LogP contribution is 2.25. The molecule has 1 aromatic heterocycles. The van der Waals surface area contributed by atoms with Gasteiger partial charge in [0.25, 0.3) is 15.9 Å². The number of benzene rings is 3. The van der Waals surface area contributed by atoms with Gasteiger partial charge in [0.1, 0.15) is 5.82 Å². The van der Waals surface area contributed by atoms with E-state index in [9.17, 15) is 13.2 Å². The zero-order chi connectivity index (χ0) is 22.7. The van der Waals surface area contributed by atoms with E-state index < -0.39 is 10.0 Å². The molecule has 0 spiro atoms. The van der Waals surface area contributed by atoms with Crippen molar-refractivity contribution in [3.63, 3.8) is 0 Å². The number of para-hydroxylation sites is 2. The Morgan fingerprint density at radius 2 is 1.81 bits per heavy atom. The van der Waals surface area contributed by atoms with Crippen LogP contribution in [0.25, 0.3) is 22.4 Å². The third kappa shape index (κ3) is 4.26. The average Bonchev–Trinajstić information content (AvgIpc) is 3.14. The van der Waals surface area contributed by atoms with E-state index in [1.54, 1.807) is 24.3 Å². The van der Waals surface area contributed by atoms with Gasteiger partial charge in [-0.3, -0.25) is 9.52 Å². The minimum atomic E-state index is -3.87. The zero-order valence-corrected chi connectivity index (χ0v) is 18.3. The molecule has 0 fully saturated rings. The minimum Gasteiger partial charge on any atom is -0.349 e. The van der Waals surface area contributed by atoms with Crippen molar-refractivity contribution in [2.75, 3.05) is 11.3 Å². The number of carbonyl (C=O) groups excluding carboxylic acids is 1. The molecule has 162 valence electrons. The number of carbonyl (C=O) groups is 1. The van der Waals surface area contributed by atoms with Gasteiger partial charge in [-0.05, 0) is 54.6 Å². The van der Waals surface area contributed by atoms with Crippen molar-refractivity contribution < 1.29 is 13.2 Å². The third-order valence-corrected chi connectivity index (χ3v) is 6.37. The number of anilines is 1. The van der Waals surface area contributed by atoms with E-state index in [0.29, 0.717) is 12.2 Å². The SMILES string of the molecule is C=CCNC(=O)c1cccc(S(=O)(=O)Nc2ccc(-c3nc4ccccc4n3C)cc2)c1. The highest BCUT2D eigenvalue weighted by atomic mass is 32.2. The molecule has 4 aromatic rings. The molecule has 0 unspecified atom stereocenters. The number of hydrogen-bond acceptors (Lipinski definition) is 4. The molecule has 3 aromatic carbocycles. The van der Waals surface area contributed by atoms with Crippen LogP contribution in [0.15, 0.2) is 90.3 Å². The Bertz CT molecular complexity index is 1410. The highest BCUT2D eigenvalue weighted by Gasteiger charge is 2.17. The Morgan fingerprint density at radius 1 is 1.06 bits per heavy atom. The molecule has 2 N–H and O–H groups in total. The van der Waals surface area contributed by atoms with Crippen LogP contribution >= 0.6 is 0 Å². The Morgan fingerprint density at radius 3 is 2.53 bits per heavy atom. The van der Waals surface area contributed by atoms with Crippen LogP contribution in [-0.2, 0) is 17.1 Å². The van der Waals surface area contributed by atoms with Gasteiger partial charge in [0.2, 0.25) is 0 Å². The first kappa shape index (κ1) is 21.3. The summed E-state index contributed by atoms with van der Waals surface area (Å²) in [7, 11) is -1.92. The maximum absolute atomic E-state index is 12.8. The van der Waals surface area contributed by atoms with Gasteiger partial charge < -0.3 is 9.88 Å². The van der Waals surface area contributed by atoms with E-state index >= 15 is 0 Å². The van der Waals surface area contributed by atoms with E-state index in [-0.39, 0.29) is 16.4 Å². The van der Waals surface area contributed by atoms with Crippen LogP contribution in [-0.4, -0.2) is 30.4 Å². The van der Waals surface area contributed by atoms with Crippen molar-refractivity contribution in [3.8, 4) is 11.4 Å². The number of hydrogen-bond donors (Lipinski definition) is 2. The number of imidazole rings is 1. The van der Waals surface area contributed by atoms with Crippen LogP contribution < -0.4 is 10.0 Å². The number of fused-ring (bicyclic) bond motifs is 1. The molecule has 8 heteroatoms. The van der Waals surface area contributed by atoms with E-state index in [1.165, 1.54) is 18.2 Å². The Balaban J connectivity index is 1.56. The first-order valence-corrected chi connectivity index (χ1v) is 11.4. The van der Waals surface area contributed by atoms with Crippen LogP contribution in [0.1, 0.15) is 10.4 Å². The summed E-state index contributed by atoms with van der Waals surface area (Å²) < 4.78 is 30.2. The maximum Gasteiger partial charge on any atom is 0.261 e. The zero-order valence-electron chi connectivity index (χ0n) is 17.4. The van der Waals surface area contributed by atoms with Gasteiger partial charge in [0, 0.05) is 30.4 Å². The van der Waals surface area contributed by atoms with Gasteiger partial charge in [-0.1, -0.05) is 24.3 Å². The van der Waals surface area contributed by atoms with Gasteiger partial charge in [0.15, 0.2) is 0 Å². The monoisotopic (exact) mass is 446 g/mol. The summed E-state index contributed by atoms with van der Waals surface area (Å²) in [5, 5.41) is 2.63. The second kappa shape index (κ2) is 8.68. The lowest BCUT2D eigenvalue weighted by molar-refractivity contribution is 0.0958. The normalized spacial score (nSPS) is 11.3. The maximum atomic E-state index is 12.8.